The van der Waals surface area contributed by atoms with Gasteiger partial charge in [-0.15, -0.1) is 0 Å². The molecule has 3 aromatic carbocycles. The maximum atomic E-state index is 11.8. The molecule has 0 aromatic heterocycles. The lowest BCUT2D eigenvalue weighted by Crippen LogP contribution is -2.32. The molecule has 1 spiro atoms. The molecule has 27 heavy (non-hydrogen) atoms. The summed E-state index contributed by atoms with van der Waals surface area (Å²) in [4.78, 5) is 11.8. The van der Waals surface area contributed by atoms with E-state index in [-0.39, 0.29) is 17.3 Å². The van der Waals surface area contributed by atoms with Crippen molar-refractivity contribution in [1.29, 1.82) is 0 Å². The van der Waals surface area contributed by atoms with Crippen LogP contribution in [0.15, 0.2) is 54.6 Å². The van der Waals surface area contributed by atoms with Gasteiger partial charge in [0.25, 0.3) is 0 Å². The van der Waals surface area contributed by atoms with Crippen LogP contribution in [0.3, 0.4) is 0 Å². The molecule has 5 heteroatoms. The van der Waals surface area contributed by atoms with Crippen molar-refractivity contribution in [2.75, 3.05) is 0 Å². The molecule has 0 bridgehead atoms. The van der Waals surface area contributed by atoms with Crippen molar-refractivity contribution in [1.82, 2.24) is 0 Å². The average Bonchev–Trinajstić information content (AvgIpc) is 3.00. The van der Waals surface area contributed by atoms with Crippen molar-refractivity contribution < 1.29 is 24.5 Å². The summed E-state index contributed by atoms with van der Waals surface area (Å²) < 4.78 is 12.3. The van der Waals surface area contributed by atoms with Gasteiger partial charge in [-0.25, -0.2) is 0 Å². The van der Waals surface area contributed by atoms with E-state index in [1.165, 1.54) is 19.1 Å². The number of benzene rings is 3. The molecule has 0 radical (unpaired) electrons. The standard InChI is InChI=1S/C22H16O5/c1-12(23)13-2-5-17-14(8-13)11-26-22(17)18-6-3-15(24)9-20(18)27-21-10-16(25)4-7-19(21)22/h2-10,24-25H,11H2,1H3. The summed E-state index contributed by atoms with van der Waals surface area (Å²) in [7, 11) is 0. The smallest absolute Gasteiger partial charge is 0.159 e. The molecule has 5 nitrogen and oxygen atoms in total. The summed E-state index contributed by atoms with van der Waals surface area (Å²) in [6.45, 7) is 1.88. The predicted molar refractivity (Wildman–Crippen MR) is 97.4 cm³/mol. The van der Waals surface area contributed by atoms with Gasteiger partial charge in [-0.05, 0) is 48.4 Å². The Morgan fingerprint density at radius 2 is 1.48 bits per heavy atom. The third kappa shape index (κ3) is 2.12. The van der Waals surface area contributed by atoms with Crippen LogP contribution in [0.2, 0.25) is 0 Å². The van der Waals surface area contributed by atoms with E-state index in [1.807, 2.05) is 12.1 Å². The van der Waals surface area contributed by atoms with Crippen LogP contribution in [-0.2, 0) is 16.9 Å². The van der Waals surface area contributed by atoms with Crippen molar-refractivity contribution in [2.45, 2.75) is 19.1 Å². The maximum Gasteiger partial charge on any atom is 0.159 e. The van der Waals surface area contributed by atoms with Crippen molar-refractivity contribution in [3.8, 4) is 23.0 Å². The van der Waals surface area contributed by atoms with Gasteiger partial charge in [-0.3, -0.25) is 4.79 Å². The maximum absolute atomic E-state index is 11.8. The minimum absolute atomic E-state index is 0.00127. The van der Waals surface area contributed by atoms with Gasteiger partial charge in [0.2, 0.25) is 0 Å². The third-order valence-corrected chi connectivity index (χ3v) is 5.24. The molecule has 0 aliphatic carbocycles. The molecule has 3 aromatic rings. The summed E-state index contributed by atoms with van der Waals surface area (Å²) in [5, 5.41) is 19.8. The largest absolute Gasteiger partial charge is 0.508 e. The van der Waals surface area contributed by atoms with Crippen molar-refractivity contribution in [3.63, 3.8) is 0 Å². The minimum Gasteiger partial charge on any atom is -0.508 e. The van der Waals surface area contributed by atoms with Crippen LogP contribution in [0.25, 0.3) is 0 Å². The Balaban J connectivity index is 1.83. The number of fused-ring (bicyclic) bond motifs is 6. The Morgan fingerprint density at radius 3 is 2.07 bits per heavy atom. The number of hydrogen-bond donors (Lipinski definition) is 2. The number of phenols is 2. The molecule has 2 aliphatic rings. The molecule has 0 saturated heterocycles. The summed E-state index contributed by atoms with van der Waals surface area (Å²) >= 11 is 0. The monoisotopic (exact) mass is 360 g/mol. The van der Waals surface area contributed by atoms with Gasteiger partial charge in [-0.1, -0.05) is 12.1 Å². The summed E-state index contributed by atoms with van der Waals surface area (Å²) in [6, 6.07) is 15.4. The first-order chi connectivity index (χ1) is 13.0. The molecule has 0 atom stereocenters. The first-order valence-corrected chi connectivity index (χ1v) is 8.62. The van der Waals surface area contributed by atoms with E-state index >= 15 is 0 Å². The summed E-state index contributed by atoms with van der Waals surface area (Å²) in [5.41, 5.74) is 3.12. The molecule has 134 valence electrons. The highest BCUT2D eigenvalue weighted by molar-refractivity contribution is 5.94. The number of Topliss-reactive ketones (excluding diaryl/α,β-unsaturated/α-hetero) is 1. The van der Waals surface area contributed by atoms with Gasteiger partial charge in [0.15, 0.2) is 11.4 Å². The molecule has 0 amide bonds. The molecule has 2 aliphatic heterocycles. The fourth-order valence-electron chi connectivity index (χ4n) is 4.02. The summed E-state index contributed by atoms with van der Waals surface area (Å²) in [6.07, 6.45) is 0. The number of phenolic OH excluding ortho intramolecular Hbond substituents is 2. The summed E-state index contributed by atoms with van der Waals surface area (Å²) in [5.74, 6) is 1.10. The lowest BCUT2D eigenvalue weighted by molar-refractivity contribution is 0.0198. The second-order valence-electron chi connectivity index (χ2n) is 6.86. The fourth-order valence-corrected chi connectivity index (χ4v) is 4.02. The highest BCUT2D eigenvalue weighted by Gasteiger charge is 2.49. The zero-order valence-corrected chi connectivity index (χ0v) is 14.5. The number of rotatable bonds is 1. The first kappa shape index (κ1) is 15.9. The van der Waals surface area contributed by atoms with Gasteiger partial charge < -0.3 is 19.7 Å². The molecule has 0 unspecified atom stereocenters. The van der Waals surface area contributed by atoms with Gasteiger partial charge in [-0.2, -0.15) is 0 Å². The van der Waals surface area contributed by atoms with Gasteiger partial charge in [0.1, 0.15) is 23.0 Å². The molecule has 0 fully saturated rings. The van der Waals surface area contributed by atoms with Crippen molar-refractivity contribution >= 4 is 5.78 Å². The van der Waals surface area contributed by atoms with Crippen LogP contribution >= 0.6 is 0 Å². The molecule has 2 N–H and O–H groups in total. The second-order valence-corrected chi connectivity index (χ2v) is 6.86. The predicted octanol–water partition coefficient (Wildman–Crippen LogP) is 4.23. The Morgan fingerprint density at radius 1 is 0.889 bits per heavy atom. The number of aromatic hydroxyl groups is 2. The topological polar surface area (TPSA) is 76.0 Å². The minimum atomic E-state index is -0.922. The SMILES string of the molecule is CC(=O)c1ccc2c(c1)COC21c2ccc(O)cc2Oc2cc(O)ccc21. The average molecular weight is 360 g/mol. The van der Waals surface area contributed by atoms with E-state index in [0.717, 1.165) is 22.3 Å². The number of hydrogen-bond acceptors (Lipinski definition) is 5. The molecule has 2 heterocycles. The van der Waals surface area contributed by atoms with Crippen LogP contribution in [0.5, 0.6) is 23.0 Å². The van der Waals surface area contributed by atoms with E-state index in [4.69, 9.17) is 9.47 Å². The lowest BCUT2D eigenvalue weighted by atomic mass is 9.77. The highest BCUT2D eigenvalue weighted by atomic mass is 16.5. The molecule has 5 rings (SSSR count). The third-order valence-electron chi connectivity index (χ3n) is 5.24. The van der Waals surface area contributed by atoms with Gasteiger partial charge >= 0.3 is 0 Å². The Bertz CT molecular complexity index is 1060. The molecular formula is C22H16O5. The van der Waals surface area contributed by atoms with Gasteiger partial charge in [0, 0.05) is 28.8 Å². The van der Waals surface area contributed by atoms with E-state index in [2.05, 4.69) is 0 Å². The van der Waals surface area contributed by atoms with E-state index in [9.17, 15) is 15.0 Å². The Kier molecular flexibility index (Phi) is 3.15. The van der Waals surface area contributed by atoms with Crippen LogP contribution in [0, 0.1) is 0 Å². The molecular weight excluding hydrogens is 344 g/mol. The van der Waals surface area contributed by atoms with E-state index < -0.39 is 5.60 Å². The number of carbonyl (C=O) groups excluding carboxylic acids is 1. The van der Waals surface area contributed by atoms with Crippen LogP contribution < -0.4 is 4.74 Å². The number of ketones is 1. The zero-order chi connectivity index (χ0) is 18.8. The van der Waals surface area contributed by atoms with Crippen molar-refractivity contribution in [3.05, 3.63) is 82.4 Å². The normalized spacial score (nSPS) is 15.6. The van der Waals surface area contributed by atoms with Crippen molar-refractivity contribution in [2.24, 2.45) is 0 Å². The Hall–Kier alpha value is -3.31. The first-order valence-electron chi connectivity index (χ1n) is 8.62. The highest BCUT2D eigenvalue weighted by Crippen LogP contribution is 2.57. The lowest BCUT2D eigenvalue weighted by Gasteiger charge is -2.37. The quantitative estimate of drug-likeness (QED) is 0.635. The number of carbonyl (C=O) groups is 1. The van der Waals surface area contributed by atoms with Crippen LogP contribution in [0.4, 0.5) is 0 Å². The number of ether oxygens (including phenoxy) is 2. The Labute approximate surface area is 155 Å². The van der Waals surface area contributed by atoms with Crippen LogP contribution in [0.1, 0.15) is 39.5 Å². The van der Waals surface area contributed by atoms with Gasteiger partial charge in [0.05, 0.1) is 6.61 Å². The van der Waals surface area contributed by atoms with E-state index in [0.29, 0.717) is 23.7 Å². The second kappa shape index (κ2) is 5.34. The zero-order valence-electron chi connectivity index (χ0n) is 14.5. The van der Waals surface area contributed by atoms with E-state index in [1.54, 1.807) is 30.3 Å². The molecule has 0 saturated carbocycles. The van der Waals surface area contributed by atoms with Crippen LogP contribution in [-0.4, -0.2) is 16.0 Å². The fraction of sp³-hybridized carbons (Fsp3) is 0.136.